The van der Waals surface area contributed by atoms with Crippen molar-refractivity contribution in [2.45, 2.75) is 31.6 Å². The van der Waals surface area contributed by atoms with Gasteiger partial charge in [-0.3, -0.25) is 9.59 Å². The molecule has 0 fully saturated rings. The highest BCUT2D eigenvalue weighted by Gasteiger charge is 2.35. The molecule has 0 aliphatic rings. The zero-order valence-electron chi connectivity index (χ0n) is 18.5. The molecule has 0 spiro atoms. The molecular formula is C25H16F9NO2. The van der Waals surface area contributed by atoms with Gasteiger partial charge in [-0.2, -0.15) is 26.3 Å². The third-order valence-corrected chi connectivity index (χ3v) is 5.18. The van der Waals surface area contributed by atoms with Crippen molar-refractivity contribution >= 4 is 17.4 Å². The average Bonchev–Trinajstić information content (AvgIpc) is 2.79. The van der Waals surface area contributed by atoms with Crippen LogP contribution < -0.4 is 5.32 Å². The Balaban J connectivity index is 1.83. The highest BCUT2D eigenvalue weighted by molar-refractivity contribution is 6.05. The Bertz CT molecular complexity index is 1310. The Labute approximate surface area is 203 Å². The number of ketones is 1. The van der Waals surface area contributed by atoms with Crippen molar-refractivity contribution in [3.63, 3.8) is 0 Å². The van der Waals surface area contributed by atoms with Crippen LogP contribution in [0.3, 0.4) is 0 Å². The molecule has 3 nitrogen and oxygen atoms in total. The highest BCUT2D eigenvalue weighted by atomic mass is 19.4. The maximum Gasteiger partial charge on any atom is 0.418 e. The molecule has 0 saturated carbocycles. The van der Waals surface area contributed by atoms with Gasteiger partial charge in [-0.1, -0.05) is 24.3 Å². The van der Waals surface area contributed by atoms with E-state index >= 15 is 0 Å². The van der Waals surface area contributed by atoms with Crippen LogP contribution in [0.5, 0.6) is 0 Å². The van der Waals surface area contributed by atoms with Gasteiger partial charge in [0.2, 0.25) is 0 Å². The lowest BCUT2D eigenvalue weighted by Gasteiger charge is -2.16. The summed E-state index contributed by atoms with van der Waals surface area (Å²) in [5.74, 6) is -3.50. The molecule has 0 radical (unpaired) electrons. The minimum absolute atomic E-state index is 0.120. The molecule has 3 rings (SSSR count). The minimum atomic E-state index is -5.06. The van der Waals surface area contributed by atoms with Gasteiger partial charge < -0.3 is 5.32 Å². The number of carbonyl (C=O) groups excluding carboxylic acids is 2. The lowest BCUT2D eigenvalue weighted by Crippen LogP contribution is -2.19. The van der Waals surface area contributed by atoms with Crippen molar-refractivity contribution in [2.24, 2.45) is 0 Å². The first-order valence-electron chi connectivity index (χ1n) is 10.4. The summed E-state index contributed by atoms with van der Waals surface area (Å²) in [7, 11) is 0. The third-order valence-electron chi connectivity index (χ3n) is 5.18. The Hall–Kier alpha value is -3.83. The first-order chi connectivity index (χ1) is 17.1. The first-order valence-corrected chi connectivity index (χ1v) is 10.4. The molecule has 3 aromatic rings. The van der Waals surface area contributed by atoms with Crippen LogP contribution in [0.25, 0.3) is 0 Å². The summed E-state index contributed by atoms with van der Waals surface area (Å²) in [6.07, 6.45) is -13.6. The van der Waals surface area contributed by atoms with Crippen LogP contribution >= 0.6 is 0 Å². The van der Waals surface area contributed by atoms with Crippen molar-refractivity contribution in [1.29, 1.82) is 0 Å². The fourth-order valence-electron chi connectivity index (χ4n) is 3.47. The molecule has 0 unspecified atom stereocenters. The van der Waals surface area contributed by atoms with E-state index < -0.39 is 65.1 Å². The van der Waals surface area contributed by atoms with Crippen LogP contribution in [0.1, 0.15) is 44.6 Å². The Morgan fingerprint density at radius 2 is 1.43 bits per heavy atom. The predicted molar refractivity (Wildman–Crippen MR) is 115 cm³/mol. The molecule has 1 amide bonds. The molecule has 3 aromatic carbocycles. The van der Waals surface area contributed by atoms with Crippen molar-refractivity contribution in [3.8, 4) is 0 Å². The number of benzene rings is 3. The second-order valence-electron chi connectivity index (χ2n) is 7.96. The van der Waals surface area contributed by atoms with E-state index in [4.69, 9.17) is 0 Å². The number of alkyl halides is 8. The van der Waals surface area contributed by atoms with Crippen LogP contribution in [0, 0.1) is 5.82 Å². The Morgan fingerprint density at radius 3 is 2.03 bits per heavy atom. The van der Waals surface area contributed by atoms with E-state index in [1.807, 2.05) is 0 Å². The summed E-state index contributed by atoms with van der Waals surface area (Å²) in [5, 5.41) is 1.77. The van der Waals surface area contributed by atoms with Crippen LogP contribution in [0.4, 0.5) is 45.2 Å². The fourth-order valence-corrected chi connectivity index (χ4v) is 3.47. The number of anilines is 1. The maximum atomic E-state index is 14.0. The molecule has 0 aliphatic carbocycles. The fraction of sp³-hybridized carbons (Fsp3) is 0.200. The largest absolute Gasteiger partial charge is 0.418 e. The number of halogens is 9. The van der Waals surface area contributed by atoms with Gasteiger partial charge in [0, 0.05) is 18.4 Å². The molecule has 0 saturated heterocycles. The summed E-state index contributed by atoms with van der Waals surface area (Å²) in [6.45, 7) is 0. The summed E-state index contributed by atoms with van der Waals surface area (Å²) < 4.78 is 119. The van der Waals surface area contributed by atoms with E-state index in [2.05, 4.69) is 0 Å². The standard InChI is InChI=1S/C25H16F9NO2/c26-20-6-5-16(24(29,30)31)12-18(20)23(37)35-21-7-4-14(11-19(21)25(32,33)34)10-17(36)9-13-2-1-3-15(8-13)22(27)28/h1-8,11-12,22H,9-10H2,(H,35,37). The quantitative estimate of drug-likeness (QED) is 0.322. The topological polar surface area (TPSA) is 46.2 Å². The van der Waals surface area contributed by atoms with E-state index in [0.29, 0.717) is 18.2 Å². The van der Waals surface area contributed by atoms with Gasteiger partial charge in [-0.15, -0.1) is 0 Å². The molecule has 196 valence electrons. The number of Topliss-reactive ketones (excluding diaryl/α,β-unsaturated/α-hetero) is 1. The normalized spacial score (nSPS) is 12.1. The third kappa shape index (κ3) is 7.11. The monoisotopic (exact) mass is 533 g/mol. The number of amides is 1. The second-order valence-corrected chi connectivity index (χ2v) is 7.96. The van der Waals surface area contributed by atoms with Gasteiger partial charge in [0.15, 0.2) is 0 Å². The zero-order valence-corrected chi connectivity index (χ0v) is 18.5. The van der Waals surface area contributed by atoms with E-state index in [-0.39, 0.29) is 29.2 Å². The summed E-state index contributed by atoms with van der Waals surface area (Å²) in [4.78, 5) is 24.7. The van der Waals surface area contributed by atoms with Crippen molar-refractivity contribution in [2.75, 3.05) is 5.32 Å². The number of carbonyl (C=O) groups is 2. The Kier molecular flexibility index (Phi) is 7.99. The van der Waals surface area contributed by atoms with Crippen molar-refractivity contribution in [1.82, 2.24) is 0 Å². The molecule has 37 heavy (non-hydrogen) atoms. The highest BCUT2D eigenvalue weighted by Crippen LogP contribution is 2.36. The van der Waals surface area contributed by atoms with Crippen LogP contribution in [0.2, 0.25) is 0 Å². The lowest BCUT2D eigenvalue weighted by molar-refractivity contribution is -0.138. The molecule has 1 N–H and O–H groups in total. The lowest BCUT2D eigenvalue weighted by atomic mass is 9.99. The second kappa shape index (κ2) is 10.7. The van der Waals surface area contributed by atoms with Crippen LogP contribution in [-0.4, -0.2) is 11.7 Å². The van der Waals surface area contributed by atoms with E-state index in [1.54, 1.807) is 5.32 Å². The van der Waals surface area contributed by atoms with Gasteiger partial charge in [-0.05, 0) is 47.5 Å². The SMILES string of the molecule is O=C(Cc1cccc(C(F)F)c1)Cc1ccc(NC(=O)c2cc(C(F)(F)F)ccc2F)c(C(F)(F)F)c1. The molecule has 12 heteroatoms. The summed E-state index contributed by atoms with van der Waals surface area (Å²) >= 11 is 0. The van der Waals surface area contributed by atoms with Crippen LogP contribution in [-0.2, 0) is 30.0 Å². The molecular weight excluding hydrogens is 517 g/mol. The van der Waals surface area contributed by atoms with Gasteiger partial charge in [0.25, 0.3) is 12.3 Å². The molecule has 0 bridgehead atoms. The summed E-state index contributed by atoms with van der Waals surface area (Å²) in [6, 6.07) is 8.33. The molecule has 0 aliphatic heterocycles. The smallest absolute Gasteiger partial charge is 0.321 e. The zero-order chi connectivity index (χ0) is 27.5. The molecule has 0 atom stereocenters. The van der Waals surface area contributed by atoms with E-state index in [1.165, 1.54) is 12.1 Å². The van der Waals surface area contributed by atoms with Crippen molar-refractivity contribution in [3.05, 3.63) is 99.9 Å². The first kappa shape index (κ1) is 27.8. The minimum Gasteiger partial charge on any atom is -0.321 e. The van der Waals surface area contributed by atoms with Gasteiger partial charge in [0.05, 0.1) is 22.4 Å². The van der Waals surface area contributed by atoms with Gasteiger partial charge in [0.1, 0.15) is 11.6 Å². The molecule has 0 aromatic heterocycles. The maximum absolute atomic E-state index is 14.0. The number of hydrogen-bond donors (Lipinski definition) is 1. The predicted octanol–water partition coefficient (Wildman–Crippen LogP) is 7.41. The number of rotatable bonds is 7. The number of nitrogens with one attached hydrogen (secondary N) is 1. The number of hydrogen-bond acceptors (Lipinski definition) is 2. The summed E-state index contributed by atoms with van der Waals surface area (Å²) in [5.41, 5.74) is -4.97. The van der Waals surface area contributed by atoms with Crippen molar-refractivity contribution < 1.29 is 49.1 Å². The van der Waals surface area contributed by atoms with Crippen LogP contribution in [0.15, 0.2) is 60.7 Å². The van der Waals surface area contributed by atoms with Gasteiger partial charge >= 0.3 is 12.4 Å². The van der Waals surface area contributed by atoms with Gasteiger partial charge in [-0.25, -0.2) is 13.2 Å². The Morgan fingerprint density at radius 1 is 0.784 bits per heavy atom. The van der Waals surface area contributed by atoms with E-state index in [0.717, 1.165) is 24.3 Å². The van der Waals surface area contributed by atoms with E-state index in [9.17, 15) is 49.1 Å². The molecule has 0 heterocycles. The average molecular weight is 533 g/mol.